The number of carbonyl (C=O) groups excluding carboxylic acids is 1. The van der Waals surface area contributed by atoms with E-state index in [2.05, 4.69) is 45.7 Å². The molecule has 2 aliphatic carbocycles. The minimum atomic E-state index is -1.21. The van der Waals surface area contributed by atoms with Crippen LogP contribution in [0.4, 0.5) is 8.78 Å². The average Bonchev–Trinajstić information content (AvgIpc) is 3.02. The molecular formula is C37H50Br2F2O4. The SMILES string of the molecule is CCCCCC1CCC(c2ccc(Br)c(C(=O)O)c2F)CC1.CCCCCC1CCC(c2ccc(Br)c(C(=O)OC)c2F)CC1. The summed E-state index contributed by atoms with van der Waals surface area (Å²) in [5.74, 6) is -0.875. The van der Waals surface area contributed by atoms with Crippen molar-refractivity contribution < 1.29 is 28.2 Å². The van der Waals surface area contributed by atoms with E-state index >= 15 is 0 Å². The number of rotatable bonds is 12. The van der Waals surface area contributed by atoms with Crippen LogP contribution in [-0.4, -0.2) is 24.2 Å². The Balaban J connectivity index is 0.000000246. The second-order valence-electron chi connectivity index (χ2n) is 12.9. The maximum atomic E-state index is 14.8. The molecule has 2 fully saturated rings. The van der Waals surface area contributed by atoms with Crippen LogP contribution >= 0.6 is 31.9 Å². The van der Waals surface area contributed by atoms with Gasteiger partial charge >= 0.3 is 11.9 Å². The number of carboxylic acids is 1. The number of benzene rings is 2. The topological polar surface area (TPSA) is 63.6 Å². The molecule has 2 aliphatic rings. The molecule has 0 aromatic heterocycles. The predicted molar refractivity (Wildman–Crippen MR) is 184 cm³/mol. The van der Waals surface area contributed by atoms with Gasteiger partial charge in [0.05, 0.1) is 7.11 Å². The third-order valence-electron chi connectivity index (χ3n) is 9.85. The largest absolute Gasteiger partial charge is 0.478 e. The van der Waals surface area contributed by atoms with E-state index in [1.54, 1.807) is 18.2 Å². The maximum absolute atomic E-state index is 14.8. The van der Waals surface area contributed by atoms with Crippen molar-refractivity contribution in [1.82, 2.24) is 0 Å². The lowest BCUT2D eigenvalue weighted by molar-refractivity contribution is 0.0593. The van der Waals surface area contributed by atoms with Gasteiger partial charge in [0.15, 0.2) is 0 Å². The zero-order valence-electron chi connectivity index (χ0n) is 27.1. The Morgan fingerprint density at radius 2 is 1.11 bits per heavy atom. The molecule has 0 aliphatic heterocycles. The summed E-state index contributed by atoms with van der Waals surface area (Å²) in [6, 6.07) is 6.98. The molecule has 2 saturated carbocycles. The highest BCUT2D eigenvalue weighted by molar-refractivity contribution is 9.10. The third kappa shape index (κ3) is 10.6. The molecule has 45 heavy (non-hydrogen) atoms. The van der Waals surface area contributed by atoms with Crippen molar-refractivity contribution in [3.63, 3.8) is 0 Å². The number of hydrogen-bond acceptors (Lipinski definition) is 3. The van der Waals surface area contributed by atoms with Gasteiger partial charge in [0.1, 0.15) is 22.8 Å². The van der Waals surface area contributed by atoms with Crippen molar-refractivity contribution in [3.8, 4) is 0 Å². The van der Waals surface area contributed by atoms with Gasteiger partial charge in [-0.25, -0.2) is 18.4 Å². The standard InChI is InChI=1S/C19H26BrFO2.C18H24BrFO2/c1-3-4-5-6-13-7-9-14(10-8-13)15-11-12-16(20)17(18(15)21)19(22)23-2;1-2-3-4-5-12-6-8-13(9-7-12)14-10-11-15(19)16(17(14)20)18(21)22/h11-14H,3-10H2,1-2H3;10-13H,2-9H2,1H3,(H,21,22). The van der Waals surface area contributed by atoms with E-state index in [1.165, 1.54) is 58.5 Å². The minimum absolute atomic E-state index is 0.0232. The first kappa shape index (κ1) is 37.7. The highest BCUT2D eigenvalue weighted by atomic mass is 79.9. The minimum Gasteiger partial charge on any atom is -0.478 e. The molecule has 0 heterocycles. The summed E-state index contributed by atoms with van der Waals surface area (Å²) in [6.07, 6.45) is 18.8. The van der Waals surface area contributed by atoms with Gasteiger partial charge in [-0.15, -0.1) is 0 Å². The van der Waals surface area contributed by atoms with Crippen LogP contribution in [0, 0.1) is 23.5 Å². The lowest BCUT2D eigenvalue weighted by Crippen LogP contribution is -2.16. The van der Waals surface area contributed by atoms with Gasteiger partial charge in [-0.2, -0.15) is 0 Å². The number of hydrogen-bond donors (Lipinski definition) is 1. The summed E-state index contributed by atoms with van der Waals surface area (Å²) in [7, 11) is 1.28. The summed E-state index contributed by atoms with van der Waals surface area (Å²) in [6.45, 7) is 4.44. The molecule has 1 N–H and O–H groups in total. The second-order valence-corrected chi connectivity index (χ2v) is 14.6. The average molecular weight is 757 g/mol. The first-order chi connectivity index (χ1) is 21.6. The third-order valence-corrected chi connectivity index (χ3v) is 11.2. The number of ether oxygens (including phenoxy) is 1. The van der Waals surface area contributed by atoms with Crippen LogP contribution in [0.3, 0.4) is 0 Å². The van der Waals surface area contributed by atoms with Gasteiger partial charge in [-0.3, -0.25) is 0 Å². The second kappa shape index (κ2) is 19.1. The van der Waals surface area contributed by atoms with Gasteiger partial charge in [-0.1, -0.05) is 77.3 Å². The van der Waals surface area contributed by atoms with Crippen LogP contribution in [0.2, 0.25) is 0 Å². The summed E-state index contributed by atoms with van der Waals surface area (Å²) in [4.78, 5) is 23.0. The maximum Gasteiger partial charge on any atom is 0.342 e. The number of halogens is 4. The van der Waals surface area contributed by atoms with Gasteiger partial charge in [-0.05, 0) is 130 Å². The highest BCUT2D eigenvalue weighted by Gasteiger charge is 2.29. The Kier molecular flexibility index (Phi) is 16.0. The van der Waals surface area contributed by atoms with Gasteiger partial charge in [0.2, 0.25) is 0 Å². The molecule has 2 aromatic rings. The van der Waals surface area contributed by atoms with E-state index in [1.807, 2.05) is 6.07 Å². The van der Waals surface area contributed by atoms with E-state index in [0.29, 0.717) is 20.1 Å². The normalized spacial score (nSPS) is 21.5. The van der Waals surface area contributed by atoms with E-state index in [0.717, 1.165) is 63.2 Å². The van der Waals surface area contributed by atoms with Crippen molar-refractivity contribution in [1.29, 1.82) is 0 Å². The monoisotopic (exact) mass is 754 g/mol. The van der Waals surface area contributed by atoms with E-state index in [4.69, 9.17) is 9.84 Å². The molecule has 0 bridgehead atoms. The Morgan fingerprint density at radius 3 is 1.49 bits per heavy atom. The molecule has 250 valence electrons. The molecule has 0 unspecified atom stereocenters. The highest BCUT2D eigenvalue weighted by Crippen LogP contribution is 2.41. The number of unbranched alkanes of at least 4 members (excludes halogenated alkanes) is 4. The number of methoxy groups -OCH3 is 1. The summed E-state index contributed by atoms with van der Waals surface area (Å²) in [5.41, 5.74) is 1.03. The zero-order valence-corrected chi connectivity index (χ0v) is 30.3. The quantitative estimate of drug-likeness (QED) is 0.173. The van der Waals surface area contributed by atoms with Crippen molar-refractivity contribution in [2.24, 2.45) is 11.8 Å². The number of carboxylic acid groups (broad SMARTS) is 1. The molecule has 4 nitrogen and oxygen atoms in total. The Morgan fingerprint density at radius 1 is 0.711 bits per heavy atom. The van der Waals surface area contributed by atoms with Crippen LogP contribution in [0.15, 0.2) is 33.2 Å². The summed E-state index contributed by atoms with van der Waals surface area (Å²) < 4.78 is 34.7. The fourth-order valence-electron chi connectivity index (χ4n) is 7.14. The van der Waals surface area contributed by atoms with Gasteiger partial charge in [0.25, 0.3) is 0 Å². The lowest BCUT2D eigenvalue weighted by Gasteiger charge is -2.29. The smallest absolute Gasteiger partial charge is 0.342 e. The first-order valence-electron chi connectivity index (χ1n) is 16.9. The number of esters is 1. The van der Waals surface area contributed by atoms with Crippen molar-refractivity contribution in [2.45, 2.75) is 128 Å². The molecular weight excluding hydrogens is 706 g/mol. The summed E-state index contributed by atoms with van der Waals surface area (Å²) in [5, 5.41) is 9.16. The van der Waals surface area contributed by atoms with Crippen LogP contribution in [0.5, 0.6) is 0 Å². The molecule has 0 spiro atoms. The van der Waals surface area contributed by atoms with Crippen LogP contribution in [-0.2, 0) is 4.74 Å². The van der Waals surface area contributed by atoms with Crippen molar-refractivity contribution in [2.75, 3.05) is 7.11 Å². The van der Waals surface area contributed by atoms with Crippen molar-refractivity contribution in [3.05, 3.63) is 67.1 Å². The van der Waals surface area contributed by atoms with E-state index in [9.17, 15) is 18.4 Å². The fraction of sp³-hybridized carbons (Fsp3) is 0.622. The van der Waals surface area contributed by atoms with Crippen LogP contribution in [0.1, 0.15) is 160 Å². The van der Waals surface area contributed by atoms with E-state index in [-0.39, 0.29) is 23.0 Å². The van der Waals surface area contributed by atoms with Crippen LogP contribution in [0.25, 0.3) is 0 Å². The Hall–Kier alpha value is -1.80. The van der Waals surface area contributed by atoms with E-state index < -0.39 is 23.6 Å². The number of carbonyl (C=O) groups is 2. The molecule has 8 heteroatoms. The lowest BCUT2D eigenvalue weighted by atomic mass is 9.76. The fourth-order valence-corrected chi connectivity index (χ4v) is 8.09. The Bertz CT molecular complexity index is 1250. The molecule has 0 radical (unpaired) electrons. The molecule has 2 aromatic carbocycles. The molecule has 0 atom stereocenters. The van der Waals surface area contributed by atoms with Crippen molar-refractivity contribution >= 4 is 43.8 Å². The first-order valence-corrected chi connectivity index (χ1v) is 18.5. The zero-order chi connectivity index (χ0) is 32.9. The molecule has 0 saturated heterocycles. The Labute approximate surface area is 285 Å². The van der Waals surface area contributed by atoms with Gasteiger partial charge in [0, 0.05) is 8.95 Å². The van der Waals surface area contributed by atoms with Crippen LogP contribution < -0.4 is 0 Å². The predicted octanol–water partition coefficient (Wildman–Crippen LogP) is 12.4. The molecule has 0 amide bonds. The number of aromatic carboxylic acids is 1. The summed E-state index contributed by atoms with van der Waals surface area (Å²) >= 11 is 6.38. The van der Waals surface area contributed by atoms with Gasteiger partial charge < -0.3 is 9.84 Å². The molecule has 4 rings (SSSR count).